The molecule has 0 bridgehead atoms. The fourth-order valence-corrected chi connectivity index (χ4v) is 1.04. The largest absolute Gasteiger partial charge is 0.497 e. The van der Waals surface area contributed by atoms with Gasteiger partial charge in [-0.05, 0) is 17.7 Å². The third-order valence-electron chi connectivity index (χ3n) is 1.72. The van der Waals surface area contributed by atoms with Gasteiger partial charge in [0.05, 0.1) is 13.5 Å². The minimum atomic E-state index is -0.308. The molecule has 1 aromatic rings. The molecule has 0 aliphatic rings. The van der Waals surface area contributed by atoms with Crippen LogP contribution in [-0.4, -0.2) is 13.0 Å². The molecule has 0 atom stereocenters. The monoisotopic (exact) mass is 190 g/mol. The quantitative estimate of drug-likeness (QED) is 0.567. The standard InChI is InChI=1S/C10H10N2O2/c1-14-9-4-2-8(3-5-9)6-10(13)12-7-11/h2-5H,6H2,1H3,(H,12,13). The molecule has 0 fully saturated rings. The lowest BCUT2D eigenvalue weighted by Crippen LogP contribution is -2.19. The van der Waals surface area contributed by atoms with E-state index in [2.05, 4.69) is 5.32 Å². The summed E-state index contributed by atoms with van der Waals surface area (Å²) in [4.78, 5) is 11.0. The van der Waals surface area contributed by atoms with Gasteiger partial charge in [-0.3, -0.25) is 10.1 Å². The Morgan fingerprint density at radius 2 is 2.14 bits per heavy atom. The van der Waals surface area contributed by atoms with E-state index >= 15 is 0 Å². The van der Waals surface area contributed by atoms with E-state index in [0.717, 1.165) is 11.3 Å². The molecule has 1 rings (SSSR count). The number of ether oxygens (including phenoxy) is 1. The van der Waals surface area contributed by atoms with Gasteiger partial charge in [-0.2, -0.15) is 5.26 Å². The lowest BCUT2D eigenvalue weighted by atomic mass is 10.1. The first-order valence-electron chi connectivity index (χ1n) is 4.07. The fourth-order valence-electron chi connectivity index (χ4n) is 1.04. The summed E-state index contributed by atoms with van der Waals surface area (Å²) in [5, 5.41) is 10.3. The van der Waals surface area contributed by atoms with Crippen LogP contribution >= 0.6 is 0 Å². The molecule has 0 spiro atoms. The van der Waals surface area contributed by atoms with Crippen LogP contribution in [0.4, 0.5) is 0 Å². The van der Waals surface area contributed by atoms with E-state index in [9.17, 15) is 4.79 Å². The van der Waals surface area contributed by atoms with Gasteiger partial charge < -0.3 is 4.74 Å². The SMILES string of the molecule is COc1ccc(CC(=O)NC#N)cc1. The van der Waals surface area contributed by atoms with Crippen LogP contribution in [0.5, 0.6) is 5.75 Å². The molecule has 1 amide bonds. The number of benzene rings is 1. The van der Waals surface area contributed by atoms with Crippen molar-refractivity contribution in [1.82, 2.24) is 5.32 Å². The van der Waals surface area contributed by atoms with Gasteiger partial charge >= 0.3 is 0 Å². The minimum absolute atomic E-state index is 0.206. The summed E-state index contributed by atoms with van der Waals surface area (Å²) in [5.41, 5.74) is 0.846. The highest BCUT2D eigenvalue weighted by Gasteiger charge is 2.01. The number of amides is 1. The van der Waals surface area contributed by atoms with Crippen molar-refractivity contribution in [2.45, 2.75) is 6.42 Å². The normalized spacial score (nSPS) is 8.86. The van der Waals surface area contributed by atoms with Crippen molar-refractivity contribution in [2.75, 3.05) is 7.11 Å². The van der Waals surface area contributed by atoms with E-state index in [1.54, 1.807) is 37.6 Å². The van der Waals surface area contributed by atoms with Gasteiger partial charge in [0.1, 0.15) is 5.75 Å². The Hall–Kier alpha value is -2.02. The molecule has 0 saturated carbocycles. The molecular weight excluding hydrogens is 180 g/mol. The van der Waals surface area contributed by atoms with Gasteiger partial charge in [-0.25, -0.2) is 0 Å². The highest BCUT2D eigenvalue weighted by molar-refractivity contribution is 5.79. The molecule has 4 nitrogen and oxygen atoms in total. The van der Waals surface area contributed by atoms with Crippen LogP contribution in [-0.2, 0) is 11.2 Å². The van der Waals surface area contributed by atoms with Gasteiger partial charge in [-0.1, -0.05) is 12.1 Å². The summed E-state index contributed by atoms with van der Waals surface area (Å²) in [7, 11) is 1.58. The molecule has 0 saturated heterocycles. The Kier molecular flexibility index (Phi) is 3.50. The van der Waals surface area contributed by atoms with E-state index in [-0.39, 0.29) is 12.3 Å². The number of carbonyl (C=O) groups excluding carboxylic acids is 1. The predicted molar refractivity (Wildman–Crippen MR) is 50.5 cm³/mol. The van der Waals surface area contributed by atoms with E-state index in [1.165, 1.54) is 0 Å². The first-order valence-corrected chi connectivity index (χ1v) is 4.07. The van der Waals surface area contributed by atoms with E-state index in [4.69, 9.17) is 10.00 Å². The number of nitrogens with zero attached hydrogens (tertiary/aromatic N) is 1. The van der Waals surface area contributed by atoms with Gasteiger partial charge in [0.15, 0.2) is 6.19 Å². The molecule has 0 aromatic heterocycles. The second-order valence-corrected chi connectivity index (χ2v) is 2.68. The molecule has 0 aliphatic carbocycles. The zero-order valence-corrected chi connectivity index (χ0v) is 7.78. The van der Waals surface area contributed by atoms with Crippen LogP contribution < -0.4 is 10.1 Å². The number of carbonyl (C=O) groups is 1. The Balaban J connectivity index is 2.60. The summed E-state index contributed by atoms with van der Waals surface area (Å²) in [6, 6.07) is 7.12. The zero-order valence-electron chi connectivity index (χ0n) is 7.78. The lowest BCUT2D eigenvalue weighted by molar-refractivity contribution is -0.119. The Morgan fingerprint density at radius 3 is 2.64 bits per heavy atom. The molecule has 1 aromatic carbocycles. The third-order valence-corrected chi connectivity index (χ3v) is 1.72. The number of hydrogen-bond acceptors (Lipinski definition) is 3. The second-order valence-electron chi connectivity index (χ2n) is 2.68. The van der Waals surface area contributed by atoms with Crippen molar-refractivity contribution in [3.8, 4) is 11.9 Å². The Morgan fingerprint density at radius 1 is 1.50 bits per heavy atom. The molecule has 14 heavy (non-hydrogen) atoms. The average molecular weight is 190 g/mol. The molecule has 4 heteroatoms. The first kappa shape index (κ1) is 10.1. The van der Waals surface area contributed by atoms with Crippen molar-refractivity contribution in [3.63, 3.8) is 0 Å². The van der Waals surface area contributed by atoms with Gasteiger partial charge in [0, 0.05) is 0 Å². The summed E-state index contributed by atoms with van der Waals surface area (Å²) in [6.45, 7) is 0. The van der Waals surface area contributed by atoms with Gasteiger partial charge in [-0.15, -0.1) is 0 Å². The molecule has 1 N–H and O–H groups in total. The number of methoxy groups -OCH3 is 1. The Labute approximate surface area is 82.1 Å². The third kappa shape index (κ3) is 2.79. The summed E-state index contributed by atoms with van der Waals surface area (Å²) < 4.78 is 4.97. The molecule has 72 valence electrons. The molecule has 0 unspecified atom stereocenters. The van der Waals surface area contributed by atoms with Crippen LogP contribution in [0.1, 0.15) is 5.56 Å². The van der Waals surface area contributed by atoms with Crippen LogP contribution in [0.25, 0.3) is 0 Å². The molecular formula is C10H10N2O2. The highest BCUT2D eigenvalue weighted by atomic mass is 16.5. The van der Waals surface area contributed by atoms with Crippen molar-refractivity contribution >= 4 is 5.91 Å². The molecule has 0 aliphatic heterocycles. The summed E-state index contributed by atoms with van der Waals surface area (Å²) in [5.74, 6) is 0.437. The smallest absolute Gasteiger partial charge is 0.237 e. The summed E-state index contributed by atoms with van der Waals surface area (Å²) >= 11 is 0. The maximum absolute atomic E-state index is 11.0. The van der Waals surface area contributed by atoms with Crippen molar-refractivity contribution in [3.05, 3.63) is 29.8 Å². The number of rotatable bonds is 3. The maximum Gasteiger partial charge on any atom is 0.237 e. The molecule has 0 heterocycles. The minimum Gasteiger partial charge on any atom is -0.497 e. The number of nitriles is 1. The van der Waals surface area contributed by atoms with Crippen LogP contribution in [0, 0.1) is 11.5 Å². The second kappa shape index (κ2) is 4.87. The van der Waals surface area contributed by atoms with Crippen LogP contribution in [0.15, 0.2) is 24.3 Å². The van der Waals surface area contributed by atoms with Gasteiger partial charge in [0.2, 0.25) is 5.91 Å². The van der Waals surface area contributed by atoms with Gasteiger partial charge in [0.25, 0.3) is 0 Å². The van der Waals surface area contributed by atoms with Crippen molar-refractivity contribution in [1.29, 1.82) is 5.26 Å². The van der Waals surface area contributed by atoms with Crippen molar-refractivity contribution < 1.29 is 9.53 Å². The van der Waals surface area contributed by atoms with Crippen LogP contribution in [0.3, 0.4) is 0 Å². The molecule has 0 radical (unpaired) electrons. The number of nitrogens with one attached hydrogen (secondary N) is 1. The predicted octanol–water partition coefficient (Wildman–Crippen LogP) is 0.835. The highest BCUT2D eigenvalue weighted by Crippen LogP contribution is 2.11. The van der Waals surface area contributed by atoms with E-state index < -0.39 is 0 Å². The van der Waals surface area contributed by atoms with E-state index in [1.807, 2.05) is 0 Å². The first-order chi connectivity index (χ1) is 6.76. The number of hydrogen-bond donors (Lipinski definition) is 1. The average Bonchev–Trinajstić information content (AvgIpc) is 2.19. The maximum atomic E-state index is 11.0. The summed E-state index contributed by atoms with van der Waals surface area (Å²) in [6.07, 6.45) is 1.79. The van der Waals surface area contributed by atoms with E-state index in [0.29, 0.717) is 0 Å². The lowest BCUT2D eigenvalue weighted by Gasteiger charge is -2.01. The fraction of sp³-hybridized carbons (Fsp3) is 0.200. The van der Waals surface area contributed by atoms with Crippen molar-refractivity contribution in [2.24, 2.45) is 0 Å². The topological polar surface area (TPSA) is 62.1 Å². The van der Waals surface area contributed by atoms with Crippen LogP contribution in [0.2, 0.25) is 0 Å². The zero-order chi connectivity index (χ0) is 10.4. The Bertz CT molecular complexity index is 351.